The van der Waals surface area contributed by atoms with E-state index in [1.54, 1.807) is 0 Å². The molecule has 0 aromatic carbocycles. The highest BCUT2D eigenvalue weighted by atomic mass is 32.5. The van der Waals surface area contributed by atoms with Crippen LogP contribution < -0.4 is 0 Å². The molecule has 0 unspecified atom stereocenters. The van der Waals surface area contributed by atoms with Gasteiger partial charge in [0.05, 0.1) is 7.11 Å². The fourth-order valence-corrected chi connectivity index (χ4v) is 0.519. The number of rotatable bonds is 2. The number of nitrogens with zero attached hydrogens (tertiary/aromatic N) is 1. The molecule has 0 aliphatic rings. The maximum atomic E-state index is 8.57. The molecule has 0 aliphatic carbocycles. The lowest BCUT2D eigenvalue weighted by Gasteiger charge is -2.16. The molecule has 0 rings (SSSR count). The maximum absolute atomic E-state index is 8.57. The van der Waals surface area contributed by atoms with Crippen molar-refractivity contribution < 1.29 is 14.6 Å². The molecule has 0 fully saturated rings. The lowest BCUT2D eigenvalue weighted by Crippen LogP contribution is -2.11. The average molecular weight is 157 g/mol. The van der Waals surface area contributed by atoms with Gasteiger partial charge in [0.25, 0.3) is 6.64 Å². The smallest absolute Gasteiger partial charge is 0.281 e. The van der Waals surface area contributed by atoms with E-state index in [1.165, 1.54) is 14.2 Å². The molecular weight excluding hydrogens is 149 g/mol. The lowest BCUT2D eigenvalue weighted by atomic mass is 11.5. The topological polar surface area (TPSA) is 52.9 Å². The zero-order valence-corrected chi connectivity index (χ0v) is 6.32. The van der Waals surface area contributed by atoms with E-state index in [4.69, 9.17) is 9.79 Å². The molecule has 8 heavy (non-hydrogen) atoms. The molecule has 0 aromatic rings. The standard InChI is InChI=1S/C2H8NO3PS/c1-3(6-2)7(4,5)8/h1-2H3,(H2,4,5,8). The average Bonchev–Trinajstić information content (AvgIpc) is 1.62. The van der Waals surface area contributed by atoms with Gasteiger partial charge >= 0.3 is 0 Å². The van der Waals surface area contributed by atoms with Crippen LogP contribution in [0.1, 0.15) is 0 Å². The minimum absolute atomic E-state index is 0.850. The van der Waals surface area contributed by atoms with Crippen LogP contribution in [-0.4, -0.2) is 28.8 Å². The van der Waals surface area contributed by atoms with Crippen LogP contribution in [0.5, 0.6) is 0 Å². The van der Waals surface area contributed by atoms with Crippen LogP contribution in [0.3, 0.4) is 0 Å². The molecule has 0 radical (unpaired) electrons. The van der Waals surface area contributed by atoms with Crippen LogP contribution in [0.15, 0.2) is 0 Å². The van der Waals surface area contributed by atoms with Gasteiger partial charge in [-0.3, -0.25) is 4.84 Å². The monoisotopic (exact) mass is 157 g/mol. The van der Waals surface area contributed by atoms with Crippen LogP contribution in [0, 0.1) is 0 Å². The molecule has 4 nitrogen and oxygen atoms in total. The maximum Gasteiger partial charge on any atom is 0.281 e. The van der Waals surface area contributed by atoms with Crippen molar-refractivity contribution in [2.45, 2.75) is 0 Å². The van der Waals surface area contributed by atoms with E-state index in [-0.39, 0.29) is 0 Å². The summed E-state index contributed by atoms with van der Waals surface area (Å²) in [4.78, 5) is 22.4. The molecule has 2 N–H and O–H groups in total. The summed E-state index contributed by atoms with van der Waals surface area (Å²) in [6.07, 6.45) is 0. The van der Waals surface area contributed by atoms with E-state index in [1.807, 2.05) is 0 Å². The molecule has 0 heterocycles. The van der Waals surface area contributed by atoms with E-state index in [2.05, 4.69) is 16.6 Å². The Kier molecular flexibility index (Phi) is 3.04. The molecule has 0 spiro atoms. The molecule has 0 bridgehead atoms. The SMILES string of the molecule is CON(C)P(O)(O)=S. The highest BCUT2D eigenvalue weighted by molar-refractivity contribution is 8.07. The molecular formula is C2H8NO3PS. The zero-order chi connectivity index (χ0) is 6.78. The molecule has 0 amide bonds. The Balaban J connectivity index is 3.82. The molecule has 0 atom stereocenters. The molecule has 50 valence electrons. The summed E-state index contributed by atoms with van der Waals surface area (Å²) in [6.45, 7) is -3.31. The van der Waals surface area contributed by atoms with E-state index in [0.29, 0.717) is 0 Å². The van der Waals surface area contributed by atoms with Crippen LogP contribution in [0.4, 0.5) is 0 Å². The van der Waals surface area contributed by atoms with Crippen LogP contribution in [0.2, 0.25) is 0 Å². The van der Waals surface area contributed by atoms with Crippen molar-refractivity contribution in [1.82, 2.24) is 4.83 Å². The Morgan fingerprint density at radius 1 is 1.62 bits per heavy atom. The van der Waals surface area contributed by atoms with E-state index >= 15 is 0 Å². The Morgan fingerprint density at radius 2 is 2.00 bits per heavy atom. The first-order valence-corrected chi connectivity index (χ1v) is 4.48. The minimum atomic E-state index is -3.31. The summed E-state index contributed by atoms with van der Waals surface area (Å²) in [7, 11) is 2.67. The van der Waals surface area contributed by atoms with Crippen LogP contribution in [0.25, 0.3) is 0 Å². The van der Waals surface area contributed by atoms with Gasteiger partial charge in [0.1, 0.15) is 0 Å². The molecule has 6 heteroatoms. The summed E-state index contributed by atoms with van der Waals surface area (Å²) in [5, 5.41) is 0. The van der Waals surface area contributed by atoms with Crippen molar-refractivity contribution in [3.8, 4) is 0 Å². The molecule has 0 aliphatic heterocycles. The molecule has 0 saturated carbocycles. The van der Waals surface area contributed by atoms with Gasteiger partial charge in [-0.1, -0.05) is 0 Å². The van der Waals surface area contributed by atoms with Gasteiger partial charge in [0, 0.05) is 7.05 Å². The quantitative estimate of drug-likeness (QED) is 0.425. The third-order valence-corrected chi connectivity index (χ3v) is 2.22. The van der Waals surface area contributed by atoms with Crippen molar-refractivity contribution in [3.05, 3.63) is 0 Å². The predicted octanol–water partition coefficient (Wildman–Crippen LogP) is -0.311. The van der Waals surface area contributed by atoms with Gasteiger partial charge < -0.3 is 9.79 Å². The van der Waals surface area contributed by atoms with Crippen molar-refractivity contribution in [1.29, 1.82) is 0 Å². The van der Waals surface area contributed by atoms with Gasteiger partial charge in [-0.25, -0.2) is 0 Å². The number of hydroxylamine groups is 1. The lowest BCUT2D eigenvalue weighted by molar-refractivity contribution is -0.0398. The summed E-state index contributed by atoms with van der Waals surface area (Å²) in [5.74, 6) is 0. The third kappa shape index (κ3) is 2.71. The van der Waals surface area contributed by atoms with E-state index in [0.717, 1.165) is 4.83 Å². The fraction of sp³-hybridized carbons (Fsp3) is 1.00. The van der Waals surface area contributed by atoms with Crippen molar-refractivity contribution in [3.63, 3.8) is 0 Å². The molecule has 0 aromatic heterocycles. The first-order chi connectivity index (χ1) is 3.48. The largest absolute Gasteiger partial charge is 0.332 e. The number of hydrogen-bond acceptors (Lipinski definition) is 2. The van der Waals surface area contributed by atoms with E-state index < -0.39 is 6.64 Å². The van der Waals surface area contributed by atoms with Gasteiger partial charge in [-0.15, -0.1) is 4.83 Å². The normalized spacial score (nSPS) is 12.6. The molecule has 0 saturated heterocycles. The highest BCUT2D eigenvalue weighted by Gasteiger charge is 2.13. The van der Waals surface area contributed by atoms with Crippen molar-refractivity contribution >= 4 is 18.4 Å². The number of hydrogen-bond donors (Lipinski definition) is 2. The summed E-state index contributed by atoms with van der Waals surface area (Å²) in [5.41, 5.74) is 0. The fourth-order valence-electron chi connectivity index (χ4n) is 0.106. The second kappa shape index (κ2) is 2.87. The predicted molar refractivity (Wildman–Crippen MR) is 33.5 cm³/mol. The van der Waals surface area contributed by atoms with Crippen LogP contribution in [-0.2, 0) is 16.6 Å². The zero-order valence-electron chi connectivity index (χ0n) is 4.61. The summed E-state index contributed by atoms with van der Waals surface area (Å²) in [6, 6.07) is 0. The Bertz CT molecular complexity index is 112. The first kappa shape index (κ1) is 8.49. The van der Waals surface area contributed by atoms with Gasteiger partial charge in [0.15, 0.2) is 0 Å². The summed E-state index contributed by atoms with van der Waals surface area (Å²) >= 11 is 4.23. The Morgan fingerprint density at radius 3 is 2.00 bits per heavy atom. The van der Waals surface area contributed by atoms with E-state index in [9.17, 15) is 0 Å². The highest BCUT2D eigenvalue weighted by Crippen LogP contribution is 2.38. The summed E-state index contributed by atoms with van der Waals surface area (Å²) < 4.78 is 0. The van der Waals surface area contributed by atoms with Crippen LogP contribution >= 0.6 is 6.64 Å². The first-order valence-electron chi connectivity index (χ1n) is 1.82. The third-order valence-electron chi connectivity index (χ3n) is 0.631. The van der Waals surface area contributed by atoms with Gasteiger partial charge in [-0.2, -0.15) is 0 Å². The second-order valence-corrected chi connectivity index (χ2v) is 4.22. The van der Waals surface area contributed by atoms with Gasteiger partial charge in [0.2, 0.25) is 0 Å². The van der Waals surface area contributed by atoms with Crippen molar-refractivity contribution in [2.75, 3.05) is 14.2 Å². The van der Waals surface area contributed by atoms with Crippen molar-refractivity contribution in [2.24, 2.45) is 0 Å². The minimum Gasteiger partial charge on any atom is -0.332 e. The Hall–Kier alpha value is 0.490. The Labute approximate surface area is 52.9 Å². The second-order valence-electron chi connectivity index (χ2n) is 1.16. The van der Waals surface area contributed by atoms with Gasteiger partial charge in [-0.05, 0) is 11.8 Å².